The largest absolute Gasteiger partial charge is 0.493 e. The van der Waals surface area contributed by atoms with Crippen LogP contribution >= 0.6 is 0 Å². The Balaban J connectivity index is 1.58. The van der Waals surface area contributed by atoms with Crippen LogP contribution in [-0.2, 0) is 4.79 Å². The fraction of sp³-hybridized carbons (Fsp3) is 0.0769. The van der Waals surface area contributed by atoms with E-state index in [0.29, 0.717) is 33.8 Å². The highest BCUT2D eigenvalue weighted by molar-refractivity contribution is 6.16. The molecule has 166 valence electrons. The van der Waals surface area contributed by atoms with Crippen LogP contribution in [0, 0.1) is 0 Å². The number of nitrogens with one attached hydrogen (secondary N) is 2. The van der Waals surface area contributed by atoms with Gasteiger partial charge in [-0.1, -0.05) is 36.4 Å². The zero-order valence-corrected chi connectivity index (χ0v) is 18.1. The van der Waals surface area contributed by atoms with Crippen molar-refractivity contribution in [3.63, 3.8) is 0 Å². The molecular formula is C26H22N2O5. The molecule has 2 N–H and O–H groups in total. The van der Waals surface area contributed by atoms with Crippen LogP contribution in [0.15, 0.2) is 83.3 Å². The van der Waals surface area contributed by atoms with Gasteiger partial charge in [-0.3, -0.25) is 9.59 Å². The van der Waals surface area contributed by atoms with Gasteiger partial charge in [-0.25, -0.2) is 0 Å². The molecule has 0 bridgehead atoms. The lowest BCUT2D eigenvalue weighted by atomic mass is 10.1. The Kier molecular flexibility index (Phi) is 6.40. The van der Waals surface area contributed by atoms with E-state index in [9.17, 15) is 9.59 Å². The fourth-order valence-corrected chi connectivity index (χ4v) is 3.33. The average Bonchev–Trinajstić information content (AvgIpc) is 3.21. The first kappa shape index (κ1) is 21.7. The summed E-state index contributed by atoms with van der Waals surface area (Å²) in [6, 6.07) is 21.5. The van der Waals surface area contributed by atoms with Crippen LogP contribution < -0.4 is 20.1 Å². The van der Waals surface area contributed by atoms with Gasteiger partial charge in [0.1, 0.15) is 11.3 Å². The summed E-state index contributed by atoms with van der Waals surface area (Å²) in [6.07, 6.45) is 3.02. The highest BCUT2D eigenvalue weighted by Gasteiger charge is 2.22. The van der Waals surface area contributed by atoms with Crippen molar-refractivity contribution in [1.82, 2.24) is 0 Å². The second kappa shape index (κ2) is 9.74. The molecule has 0 saturated heterocycles. The maximum absolute atomic E-state index is 12.9. The number of benzene rings is 3. The minimum atomic E-state index is -0.462. The molecule has 1 heterocycles. The predicted octanol–water partition coefficient (Wildman–Crippen LogP) is 5.35. The topological polar surface area (TPSA) is 89.8 Å². The number of rotatable bonds is 7. The van der Waals surface area contributed by atoms with E-state index in [0.717, 1.165) is 5.56 Å². The summed E-state index contributed by atoms with van der Waals surface area (Å²) >= 11 is 0. The van der Waals surface area contributed by atoms with Gasteiger partial charge in [0.05, 0.1) is 14.2 Å². The van der Waals surface area contributed by atoms with E-state index < -0.39 is 11.8 Å². The normalized spacial score (nSPS) is 10.8. The first-order chi connectivity index (χ1) is 16.1. The lowest BCUT2D eigenvalue weighted by Crippen LogP contribution is -2.15. The lowest BCUT2D eigenvalue weighted by Gasteiger charge is -2.08. The predicted molar refractivity (Wildman–Crippen MR) is 128 cm³/mol. The van der Waals surface area contributed by atoms with Gasteiger partial charge in [0, 0.05) is 17.1 Å². The molecule has 3 aromatic carbocycles. The zero-order valence-electron chi connectivity index (χ0n) is 18.1. The molecule has 7 heteroatoms. The van der Waals surface area contributed by atoms with Crippen LogP contribution in [0.3, 0.4) is 0 Å². The Labute approximate surface area is 190 Å². The molecule has 0 aliphatic rings. The van der Waals surface area contributed by atoms with Crippen LogP contribution in [0.1, 0.15) is 16.1 Å². The van der Waals surface area contributed by atoms with Gasteiger partial charge in [-0.2, -0.15) is 0 Å². The molecule has 0 fully saturated rings. The van der Waals surface area contributed by atoms with Crippen LogP contribution in [0.4, 0.5) is 11.4 Å². The Hall–Kier alpha value is -4.52. The number of fused-ring (bicyclic) bond motifs is 1. The van der Waals surface area contributed by atoms with Gasteiger partial charge in [0.25, 0.3) is 5.91 Å². The number of ether oxygens (including phenoxy) is 2. The lowest BCUT2D eigenvalue weighted by molar-refractivity contribution is -0.111. The summed E-state index contributed by atoms with van der Waals surface area (Å²) in [4.78, 5) is 25.6. The molecule has 0 radical (unpaired) electrons. The highest BCUT2D eigenvalue weighted by atomic mass is 16.5. The maximum atomic E-state index is 12.9. The summed E-state index contributed by atoms with van der Waals surface area (Å²) in [5.74, 6) is 0.299. The van der Waals surface area contributed by atoms with E-state index >= 15 is 0 Å². The van der Waals surface area contributed by atoms with Gasteiger partial charge in [-0.05, 0) is 48.0 Å². The first-order valence-electron chi connectivity index (χ1n) is 10.2. The number of hydrogen-bond acceptors (Lipinski definition) is 5. The zero-order chi connectivity index (χ0) is 23.2. The molecule has 33 heavy (non-hydrogen) atoms. The minimum absolute atomic E-state index is 0.0212. The molecule has 1 aromatic heterocycles. The Morgan fingerprint density at radius 2 is 1.58 bits per heavy atom. The van der Waals surface area contributed by atoms with E-state index in [1.807, 2.05) is 24.3 Å². The summed E-state index contributed by atoms with van der Waals surface area (Å²) in [6.45, 7) is 0. The van der Waals surface area contributed by atoms with Gasteiger partial charge in [0.2, 0.25) is 11.7 Å². The third-order valence-corrected chi connectivity index (χ3v) is 4.92. The molecular weight excluding hydrogens is 420 g/mol. The molecule has 4 rings (SSSR count). The summed E-state index contributed by atoms with van der Waals surface area (Å²) in [7, 11) is 3.10. The van der Waals surface area contributed by atoms with Crippen LogP contribution in [0.2, 0.25) is 0 Å². The third kappa shape index (κ3) is 4.88. The number of furan rings is 1. The molecule has 0 atom stereocenters. The molecule has 0 saturated carbocycles. The summed E-state index contributed by atoms with van der Waals surface area (Å²) in [5.41, 5.74) is 2.17. The van der Waals surface area contributed by atoms with Crippen LogP contribution in [-0.4, -0.2) is 26.0 Å². The van der Waals surface area contributed by atoms with Gasteiger partial charge in [0.15, 0.2) is 11.5 Å². The van der Waals surface area contributed by atoms with Crippen LogP contribution in [0.25, 0.3) is 17.0 Å². The van der Waals surface area contributed by atoms with Crippen molar-refractivity contribution in [2.45, 2.75) is 0 Å². The first-order valence-corrected chi connectivity index (χ1v) is 10.2. The quantitative estimate of drug-likeness (QED) is 0.377. The smallest absolute Gasteiger partial charge is 0.293 e. The molecule has 2 amide bonds. The van der Waals surface area contributed by atoms with E-state index in [4.69, 9.17) is 13.9 Å². The van der Waals surface area contributed by atoms with E-state index in [1.165, 1.54) is 6.08 Å². The Morgan fingerprint density at radius 1 is 0.848 bits per heavy atom. The van der Waals surface area contributed by atoms with Crippen molar-refractivity contribution in [1.29, 1.82) is 0 Å². The minimum Gasteiger partial charge on any atom is -0.493 e. The Bertz CT molecular complexity index is 1330. The second-order valence-corrected chi connectivity index (χ2v) is 7.06. The number of para-hydroxylation sites is 2. The third-order valence-electron chi connectivity index (χ3n) is 4.92. The summed E-state index contributed by atoms with van der Waals surface area (Å²) < 4.78 is 16.3. The number of methoxy groups -OCH3 is 2. The van der Waals surface area contributed by atoms with Crippen LogP contribution in [0.5, 0.6) is 11.5 Å². The SMILES string of the molecule is COc1ccc(C=CC(=O)Nc2c(C(=O)Nc3ccccc3)oc3ccccc23)cc1OC. The summed E-state index contributed by atoms with van der Waals surface area (Å²) in [5, 5.41) is 6.20. The fourth-order valence-electron chi connectivity index (χ4n) is 3.33. The number of hydrogen-bond donors (Lipinski definition) is 2. The molecule has 0 aliphatic carbocycles. The molecule has 0 aliphatic heterocycles. The average molecular weight is 442 g/mol. The number of carbonyl (C=O) groups excluding carboxylic acids is 2. The van der Waals surface area contributed by atoms with E-state index in [2.05, 4.69) is 10.6 Å². The van der Waals surface area contributed by atoms with Crippen molar-refractivity contribution < 1.29 is 23.5 Å². The van der Waals surface area contributed by atoms with E-state index in [-0.39, 0.29) is 5.76 Å². The second-order valence-electron chi connectivity index (χ2n) is 7.06. The van der Waals surface area contributed by atoms with Gasteiger partial charge < -0.3 is 24.5 Å². The van der Waals surface area contributed by atoms with Crippen molar-refractivity contribution in [3.8, 4) is 11.5 Å². The number of amides is 2. The standard InChI is InChI=1S/C26H22N2O5/c1-31-21-14-12-17(16-22(21)32-2)13-15-23(29)28-24-19-10-6-7-11-20(19)33-25(24)26(30)27-18-8-4-3-5-9-18/h3-16H,1-2H3,(H,27,30)(H,28,29). The van der Waals surface area contributed by atoms with Crippen molar-refractivity contribution in [2.24, 2.45) is 0 Å². The molecule has 4 aromatic rings. The van der Waals surface area contributed by atoms with Gasteiger partial charge >= 0.3 is 0 Å². The number of carbonyl (C=O) groups is 2. The molecule has 0 unspecified atom stereocenters. The van der Waals surface area contributed by atoms with Crippen molar-refractivity contribution >= 4 is 40.2 Å². The number of anilines is 2. The molecule has 0 spiro atoms. The monoisotopic (exact) mass is 442 g/mol. The molecule has 7 nitrogen and oxygen atoms in total. The van der Waals surface area contributed by atoms with E-state index in [1.54, 1.807) is 68.8 Å². The van der Waals surface area contributed by atoms with Gasteiger partial charge in [-0.15, -0.1) is 0 Å². The highest BCUT2D eigenvalue weighted by Crippen LogP contribution is 2.32. The maximum Gasteiger partial charge on any atom is 0.293 e. The van der Waals surface area contributed by atoms with Crippen molar-refractivity contribution in [3.05, 3.63) is 90.2 Å². The Morgan fingerprint density at radius 3 is 2.33 bits per heavy atom. The van der Waals surface area contributed by atoms with Crippen molar-refractivity contribution in [2.75, 3.05) is 24.9 Å².